The first-order valence-electron chi connectivity index (χ1n) is 6.12. The Morgan fingerprint density at radius 1 is 1.61 bits per heavy atom. The summed E-state index contributed by atoms with van der Waals surface area (Å²) in [6.07, 6.45) is 5.53. The Morgan fingerprint density at radius 3 is 2.94 bits per heavy atom. The monoisotopic (exact) mass is 272 g/mol. The molecule has 0 aromatic carbocycles. The molecule has 2 rings (SSSR count). The van der Waals surface area contributed by atoms with Crippen molar-refractivity contribution in [1.29, 1.82) is 0 Å². The molecule has 1 N–H and O–H groups in total. The summed E-state index contributed by atoms with van der Waals surface area (Å²) in [4.78, 5) is 0. The second-order valence-corrected chi connectivity index (χ2v) is 6.97. The van der Waals surface area contributed by atoms with E-state index in [2.05, 4.69) is 10.4 Å². The zero-order valence-electron chi connectivity index (χ0n) is 10.8. The summed E-state index contributed by atoms with van der Waals surface area (Å²) < 4.78 is 27.4. The highest BCUT2D eigenvalue weighted by molar-refractivity contribution is 7.89. The molecular weight excluding hydrogens is 252 g/mol. The molecule has 0 spiro atoms. The third-order valence-electron chi connectivity index (χ3n) is 3.21. The molecule has 1 aliphatic heterocycles. The minimum atomic E-state index is -3.20. The van der Waals surface area contributed by atoms with E-state index in [9.17, 15) is 8.42 Å². The number of nitrogens with zero attached hydrogens (tertiary/aromatic N) is 3. The van der Waals surface area contributed by atoms with E-state index >= 15 is 0 Å². The second-order valence-electron chi connectivity index (χ2n) is 4.85. The van der Waals surface area contributed by atoms with Crippen molar-refractivity contribution < 1.29 is 8.42 Å². The maximum atomic E-state index is 12.2. The average molecular weight is 272 g/mol. The SMILES string of the molecule is CN(Cc1cnn(C)c1)S(=O)(=O)CC1CCCN1. The van der Waals surface area contributed by atoms with Crippen molar-refractivity contribution in [2.75, 3.05) is 19.3 Å². The van der Waals surface area contributed by atoms with Gasteiger partial charge in [0.15, 0.2) is 0 Å². The minimum Gasteiger partial charge on any atom is -0.313 e. The summed E-state index contributed by atoms with van der Waals surface area (Å²) in [5.41, 5.74) is 0.906. The Bertz CT molecular complexity index is 491. The Hall–Kier alpha value is -0.920. The van der Waals surface area contributed by atoms with E-state index in [1.807, 2.05) is 13.2 Å². The molecule has 1 aliphatic rings. The Morgan fingerprint density at radius 2 is 2.39 bits per heavy atom. The first kappa shape index (κ1) is 13.5. The molecule has 1 saturated heterocycles. The van der Waals surface area contributed by atoms with Gasteiger partial charge in [0, 0.05) is 38.4 Å². The fourth-order valence-corrected chi connectivity index (χ4v) is 3.58. The van der Waals surface area contributed by atoms with Crippen LogP contribution in [0.1, 0.15) is 18.4 Å². The van der Waals surface area contributed by atoms with Gasteiger partial charge in [-0.15, -0.1) is 0 Å². The molecule has 1 aromatic rings. The standard InChI is InChI=1S/C11H20N4O2S/c1-14-7-10(6-13-14)8-15(2)18(16,17)9-11-4-3-5-12-11/h6-7,11-12H,3-5,8-9H2,1-2H3. The number of sulfonamides is 1. The molecule has 0 aliphatic carbocycles. The van der Waals surface area contributed by atoms with Gasteiger partial charge in [-0.3, -0.25) is 4.68 Å². The highest BCUT2D eigenvalue weighted by atomic mass is 32.2. The van der Waals surface area contributed by atoms with Gasteiger partial charge in [-0.05, 0) is 19.4 Å². The smallest absolute Gasteiger partial charge is 0.215 e. The topological polar surface area (TPSA) is 67.2 Å². The van der Waals surface area contributed by atoms with E-state index in [1.165, 1.54) is 4.31 Å². The number of aryl methyl sites for hydroxylation is 1. The van der Waals surface area contributed by atoms with E-state index in [0.29, 0.717) is 6.54 Å². The van der Waals surface area contributed by atoms with E-state index < -0.39 is 10.0 Å². The van der Waals surface area contributed by atoms with Crippen molar-refractivity contribution in [3.8, 4) is 0 Å². The normalized spacial score (nSPS) is 20.7. The molecule has 7 heteroatoms. The molecule has 102 valence electrons. The Balaban J connectivity index is 1.96. The largest absolute Gasteiger partial charge is 0.313 e. The second kappa shape index (κ2) is 5.38. The molecule has 0 bridgehead atoms. The third-order valence-corrected chi connectivity index (χ3v) is 5.12. The van der Waals surface area contributed by atoms with E-state index in [0.717, 1.165) is 24.9 Å². The van der Waals surface area contributed by atoms with Crippen LogP contribution in [-0.2, 0) is 23.6 Å². The summed E-state index contributed by atoms with van der Waals surface area (Å²) in [5.74, 6) is 0.184. The lowest BCUT2D eigenvalue weighted by Crippen LogP contribution is -2.37. The molecule has 6 nitrogen and oxygen atoms in total. The highest BCUT2D eigenvalue weighted by Gasteiger charge is 2.25. The van der Waals surface area contributed by atoms with E-state index in [1.54, 1.807) is 17.9 Å². The first-order chi connectivity index (χ1) is 8.47. The van der Waals surface area contributed by atoms with Crippen LogP contribution in [0.25, 0.3) is 0 Å². The van der Waals surface area contributed by atoms with Crippen LogP contribution in [0.5, 0.6) is 0 Å². The van der Waals surface area contributed by atoms with Crippen LogP contribution in [-0.4, -0.2) is 47.9 Å². The van der Waals surface area contributed by atoms with Gasteiger partial charge in [0.25, 0.3) is 0 Å². The summed E-state index contributed by atoms with van der Waals surface area (Å²) >= 11 is 0. The van der Waals surface area contributed by atoms with Gasteiger partial charge in [0.2, 0.25) is 10.0 Å². The van der Waals surface area contributed by atoms with Crippen molar-refractivity contribution >= 4 is 10.0 Å². The number of nitrogens with one attached hydrogen (secondary N) is 1. The Labute approximate surface area is 108 Å². The number of hydrogen-bond donors (Lipinski definition) is 1. The average Bonchev–Trinajstić information content (AvgIpc) is 2.90. The Kier molecular flexibility index (Phi) is 4.04. The molecule has 1 fully saturated rings. The lowest BCUT2D eigenvalue weighted by atomic mass is 10.3. The number of hydrogen-bond acceptors (Lipinski definition) is 4. The third kappa shape index (κ3) is 3.30. The summed E-state index contributed by atoms with van der Waals surface area (Å²) in [5, 5.41) is 7.25. The quantitative estimate of drug-likeness (QED) is 0.815. The van der Waals surface area contributed by atoms with Gasteiger partial charge in [-0.25, -0.2) is 12.7 Å². The van der Waals surface area contributed by atoms with Crippen LogP contribution in [0.2, 0.25) is 0 Å². The van der Waals surface area contributed by atoms with Crippen molar-refractivity contribution in [2.45, 2.75) is 25.4 Å². The van der Waals surface area contributed by atoms with Crippen molar-refractivity contribution in [2.24, 2.45) is 7.05 Å². The van der Waals surface area contributed by atoms with Crippen LogP contribution in [0.4, 0.5) is 0 Å². The van der Waals surface area contributed by atoms with E-state index in [4.69, 9.17) is 0 Å². The first-order valence-corrected chi connectivity index (χ1v) is 7.73. The van der Waals surface area contributed by atoms with Crippen LogP contribution < -0.4 is 5.32 Å². The van der Waals surface area contributed by atoms with Gasteiger partial charge >= 0.3 is 0 Å². The molecule has 1 aromatic heterocycles. The predicted octanol–water partition coefficient (Wildman–Crippen LogP) is -0.0663. The molecule has 18 heavy (non-hydrogen) atoms. The highest BCUT2D eigenvalue weighted by Crippen LogP contribution is 2.12. The number of aromatic nitrogens is 2. The van der Waals surface area contributed by atoms with Crippen molar-refractivity contribution in [3.63, 3.8) is 0 Å². The van der Waals surface area contributed by atoms with Gasteiger partial charge in [0.05, 0.1) is 11.9 Å². The molecule has 0 radical (unpaired) electrons. The minimum absolute atomic E-state index is 0.103. The maximum Gasteiger partial charge on any atom is 0.215 e. The summed E-state index contributed by atoms with van der Waals surface area (Å²) in [7, 11) is 0.243. The lowest BCUT2D eigenvalue weighted by Gasteiger charge is -2.19. The van der Waals surface area contributed by atoms with Gasteiger partial charge in [-0.1, -0.05) is 0 Å². The van der Waals surface area contributed by atoms with Crippen LogP contribution >= 0.6 is 0 Å². The zero-order valence-corrected chi connectivity index (χ0v) is 11.7. The van der Waals surface area contributed by atoms with Crippen LogP contribution in [0.15, 0.2) is 12.4 Å². The van der Waals surface area contributed by atoms with Crippen molar-refractivity contribution in [1.82, 2.24) is 19.4 Å². The molecule has 2 heterocycles. The molecule has 1 unspecified atom stereocenters. The fourth-order valence-electron chi connectivity index (χ4n) is 2.19. The molecular formula is C11H20N4O2S. The predicted molar refractivity (Wildman–Crippen MR) is 69.5 cm³/mol. The van der Waals surface area contributed by atoms with Gasteiger partial charge in [0.1, 0.15) is 0 Å². The maximum absolute atomic E-state index is 12.2. The van der Waals surface area contributed by atoms with Gasteiger partial charge in [-0.2, -0.15) is 5.10 Å². The van der Waals surface area contributed by atoms with E-state index in [-0.39, 0.29) is 11.8 Å². The van der Waals surface area contributed by atoms with Crippen molar-refractivity contribution in [3.05, 3.63) is 18.0 Å². The summed E-state index contributed by atoms with van der Waals surface area (Å²) in [6, 6.07) is 0.103. The zero-order chi connectivity index (χ0) is 13.2. The molecule has 0 saturated carbocycles. The number of rotatable bonds is 5. The van der Waals surface area contributed by atoms with Crippen LogP contribution in [0.3, 0.4) is 0 Å². The fraction of sp³-hybridized carbons (Fsp3) is 0.727. The lowest BCUT2D eigenvalue weighted by molar-refractivity contribution is 0.459. The molecule has 0 amide bonds. The summed E-state index contributed by atoms with van der Waals surface area (Å²) in [6.45, 7) is 1.30. The van der Waals surface area contributed by atoms with Crippen LogP contribution in [0, 0.1) is 0 Å². The molecule has 1 atom stereocenters. The van der Waals surface area contributed by atoms with Gasteiger partial charge < -0.3 is 5.32 Å².